The number of benzene rings is 2. The van der Waals surface area contributed by atoms with Crippen molar-refractivity contribution >= 4 is 18.0 Å². The molecule has 124 valence electrons. The quantitative estimate of drug-likeness (QED) is 0.629. The van der Waals surface area contributed by atoms with Crippen molar-refractivity contribution in [3.63, 3.8) is 0 Å². The van der Waals surface area contributed by atoms with E-state index in [1.807, 2.05) is 31.2 Å². The van der Waals surface area contributed by atoms with Crippen molar-refractivity contribution in [3.8, 4) is 5.75 Å². The van der Waals surface area contributed by atoms with E-state index >= 15 is 0 Å². The second-order valence-corrected chi connectivity index (χ2v) is 5.12. The van der Waals surface area contributed by atoms with Crippen molar-refractivity contribution in [2.75, 3.05) is 13.7 Å². The van der Waals surface area contributed by atoms with Crippen LogP contribution >= 0.6 is 0 Å². The van der Waals surface area contributed by atoms with Crippen molar-refractivity contribution in [2.45, 2.75) is 6.92 Å². The summed E-state index contributed by atoms with van der Waals surface area (Å²) in [6.07, 6.45) is 1.54. The molecule has 0 bridgehead atoms. The first kappa shape index (κ1) is 17.2. The fourth-order valence-corrected chi connectivity index (χ4v) is 1.88. The van der Waals surface area contributed by atoms with Gasteiger partial charge in [-0.25, -0.2) is 5.43 Å². The molecule has 0 aromatic heterocycles. The fourth-order valence-electron chi connectivity index (χ4n) is 1.88. The molecule has 0 fully saturated rings. The van der Waals surface area contributed by atoms with Crippen LogP contribution in [0.5, 0.6) is 5.75 Å². The number of carbonyl (C=O) groups excluding carboxylic acids is 2. The van der Waals surface area contributed by atoms with Gasteiger partial charge < -0.3 is 10.1 Å². The Hall–Kier alpha value is -3.15. The maximum Gasteiger partial charge on any atom is 0.259 e. The van der Waals surface area contributed by atoms with E-state index in [-0.39, 0.29) is 12.5 Å². The van der Waals surface area contributed by atoms with Crippen LogP contribution in [-0.2, 0) is 4.79 Å². The fraction of sp³-hybridized carbons (Fsp3) is 0.167. The Morgan fingerprint density at radius 2 is 1.75 bits per heavy atom. The predicted octanol–water partition coefficient (Wildman–Crippen LogP) is 1.88. The number of methoxy groups -OCH3 is 1. The molecule has 0 saturated carbocycles. The number of nitrogens with zero attached hydrogens (tertiary/aromatic N) is 1. The molecule has 0 atom stereocenters. The molecule has 2 aromatic carbocycles. The van der Waals surface area contributed by atoms with E-state index in [4.69, 9.17) is 4.74 Å². The van der Waals surface area contributed by atoms with Gasteiger partial charge in [-0.2, -0.15) is 5.10 Å². The van der Waals surface area contributed by atoms with Crippen LogP contribution in [0.3, 0.4) is 0 Å². The topological polar surface area (TPSA) is 79.8 Å². The molecule has 0 aliphatic carbocycles. The minimum atomic E-state index is -0.403. The Labute approximate surface area is 140 Å². The number of carbonyl (C=O) groups is 2. The van der Waals surface area contributed by atoms with Gasteiger partial charge in [-0.1, -0.05) is 29.8 Å². The number of amides is 2. The Balaban J connectivity index is 1.77. The van der Waals surface area contributed by atoms with Crippen LogP contribution in [0.25, 0.3) is 0 Å². The molecule has 0 aliphatic heterocycles. The molecular weight excluding hydrogens is 306 g/mol. The van der Waals surface area contributed by atoms with E-state index in [1.54, 1.807) is 37.6 Å². The Bertz CT molecular complexity index is 722. The summed E-state index contributed by atoms with van der Waals surface area (Å²) in [6.45, 7) is 1.84. The van der Waals surface area contributed by atoms with E-state index in [1.165, 1.54) is 0 Å². The van der Waals surface area contributed by atoms with Crippen LogP contribution in [-0.4, -0.2) is 31.7 Å². The molecular formula is C18H19N3O3. The molecule has 0 unspecified atom stereocenters. The van der Waals surface area contributed by atoms with Crippen LogP contribution in [0.15, 0.2) is 53.6 Å². The van der Waals surface area contributed by atoms with Crippen LogP contribution < -0.4 is 15.5 Å². The summed E-state index contributed by atoms with van der Waals surface area (Å²) in [5, 5.41) is 6.38. The highest BCUT2D eigenvalue weighted by Crippen LogP contribution is 2.10. The van der Waals surface area contributed by atoms with Crippen molar-refractivity contribution < 1.29 is 14.3 Å². The summed E-state index contributed by atoms with van der Waals surface area (Å²) in [6, 6.07) is 14.3. The lowest BCUT2D eigenvalue weighted by atomic mass is 10.2. The number of hydrazone groups is 1. The van der Waals surface area contributed by atoms with Gasteiger partial charge in [0.25, 0.3) is 11.8 Å². The van der Waals surface area contributed by atoms with Gasteiger partial charge in [0.1, 0.15) is 5.75 Å². The molecule has 2 amide bonds. The number of nitrogens with one attached hydrogen (secondary N) is 2. The van der Waals surface area contributed by atoms with E-state index in [2.05, 4.69) is 15.8 Å². The Kier molecular flexibility index (Phi) is 6.08. The lowest BCUT2D eigenvalue weighted by Gasteiger charge is -2.05. The Morgan fingerprint density at radius 3 is 2.38 bits per heavy atom. The third-order valence-electron chi connectivity index (χ3n) is 3.24. The third kappa shape index (κ3) is 5.24. The summed E-state index contributed by atoms with van der Waals surface area (Å²) in [4.78, 5) is 23.6. The molecule has 0 radical (unpaired) electrons. The standard InChI is InChI=1S/C18H19N3O3/c1-13-3-5-14(6-4-13)11-20-21-17(22)12-19-18(23)15-7-9-16(24-2)10-8-15/h3-11H,12H2,1-2H3,(H,19,23)(H,21,22)/b20-11+. The van der Waals surface area contributed by atoms with Crippen molar-refractivity contribution in [2.24, 2.45) is 5.10 Å². The summed E-state index contributed by atoms with van der Waals surface area (Å²) in [5.74, 6) is -0.0784. The second-order valence-electron chi connectivity index (χ2n) is 5.12. The molecule has 0 spiro atoms. The first-order chi connectivity index (χ1) is 11.6. The first-order valence-corrected chi connectivity index (χ1v) is 7.39. The highest BCUT2D eigenvalue weighted by Gasteiger charge is 2.07. The van der Waals surface area contributed by atoms with Crippen LogP contribution in [0.1, 0.15) is 21.5 Å². The average Bonchev–Trinajstić information content (AvgIpc) is 2.61. The number of hydrogen-bond donors (Lipinski definition) is 2. The van der Waals surface area contributed by atoms with E-state index < -0.39 is 5.91 Å². The van der Waals surface area contributed by atoms with Crippen molar-refractivity contribution in [1.29, 1.82) is 0 Å². The molecule has 2 aromatic rings. The van der Waals surface area contributed by atoms with Crippen LogP contribution in [0.2, 0.25) is 0 Å². The van der Waals surface area contributed by atoms with E-state index in [0.717, 1.165) is 11.1 Å². The summed E-state index contributed by atoms with van der Waals surface area (Å²) in [7, 11) is 1.55. The summed E-state index contributed by atoms with van der Waals surface area (Å²) in [5.41, 5.74) is 4.85. The molecule has 0 heterocycles. The molecule has 6 heteroatoms. The first-order valence-electron chi connectivity index (χ1n) is 7.39. The van der Waals surface area contributed by atoms with Gasteiger partial charge in [0.2, 0.25) is 0 Å². The maximum atomic E-state index is 11.9. The van der Waals surface area contributed by atoms with Gasteiger partial charge >= 0.3 is 0 Å². The monoisotopic (exact) mass is 325 g/mol. The van der Waals surface area contributed by atoms with E-state index in [0.29, 0.717) is 11.3 Å². The van der Waals surface area contributed by atoms with Gasteiger partial charge in [-0.3, -0.25) is 9.59 Å². The van der Waals surface area contributed by atoms with Crippen LogP contribution in [0.4, 0.5) is 0 Å². The largest absolute Gasteiger partial charge is 0.497 e. The third-order valence-corrected chi connectivity index (χ3v) is 3.24. The van der Waals surface area contributed by atoms with Gasteiger partial charge in [0.05, 0.1) is 19.9 Å². The smallest absolute Gasteiger partial charge is 0.259 e. The molecule has 24 heavy (non-hydrogen) atoms. The SMILES string of the molecule is COc1ccc(C(=O)NCC(=O)N/N=C/c2ccc(C)cc2)cc1. The molecule has 0 aliphatic rings. The second kappa shape index (κ2) is 8.47. The number of aryl methyl sites for hydroxylation is 1. The number of ether oxygens (including phenoxy) is 1. The number of hydrogen-bond acceptors (Lipinski definition) is 4. The van der Waals surface area contributed by atoms with Gasteiger partial charge in [0, 0.05) is 5.56 Å². The lowest BCUT2D eigenvalue weighted by molar-refractivity contribution is -0.120. The molecule has 6 nitrogen and oxygen atoms in total. The highest BCUT2D eigenvalue weighted by atomic mass is 16.5. The zero-order valence-electron chi connectivity index (χ0n) is 13.6. The van der Waals surface area contributed by atoms with E-state index in [9.17, 15) is 9.59 Å². The zero-order chi connectivity index (χ0) is 17.4. The molecule has 2 N–H and O–H groups in total. The number of rotatable bonds is 6. The van der Waals surface area contributed by atoms with Gasteiger partial charge in [-0.15, -0.1) is 0 Å². The molecule has 0 saturated heterocycles. The average molecular weight is 325 g/mol. The van der Waals surface area contributed by atoms with Crippen molar-refractivity contribution in [3.05, 3.63) is 65.2 Å². The summed E-state index contributed by atoms with van der Waals surface area (Å²) >= 11 is 0. The highest BCUT2D eigenvalue weighted by molar-refractivity contribution is 5.96. The maximum absolute atomic E-state index is 11.9. The van der Waals surface area contributed by atoms with Crippen LogP contribution in [0, 0.1) is 6.92 Å². The van der Waals surface area contributed by atoms with Crippen molar-refractivity contribution in [1.82, 2.24) is 10.7 Å². The molecule has 2 rings (SSSR count). The minimum absolute atomic E-state index is 0.157. The van der Waals surface area contributed by atoms with Gasteiger partial charge in [0.15, 0.2) is 0 Å². The zero-order valence-corrected chi connectivity index (χ0v) is 13.6. The minimum Gasteiger partial charge on any atom is -0.497 e. The summed E-state index contributed by atoms with van der Waals surface area (Å²) < 4.78 is 5.02. The normalized spacial score (nSPS) is 10.4. The Morgan fingerprint density at radius 1 is 1.08 bits per heavy atom. The predicted molar refractivity (Wildman–Crippen MR) is 92.2 cm³/mol. The van der Waals surface area contributed by atoms with Gasteiger partial charge in [-0.05, 0) is 36.8 Å². The lowest BCUT2D eigenvalue weighted by Crippen LogP contribution is -2.34.